The highest BCUT2D eigenvalue weighted by molar-refractivity contribution is 6.51. The maximum Gasteiger partial charge on any atom is 0.519 e. The predicted molar refractivity (Wildman–Crippen MR) is 99.6 cm³/mol. The van der Waals surface area contributed by atoms with Gasteiger partial charge in [0.15, 0.2) is 11.5 Å². The number of halogens is 8. The Morgan fingerprint density at radius 3 is 1.25 bits per heavy atom. The molecule has 0 N–H and O–H groups in total. The van der Waals surface area contributed by atoms with Gasteiger partial charge in [0, 0.05) is 0 Å². The van der Waals surface area contributed by atoms with Crippen LogP contribution in [0.25, 0.3) is 0 Å². The second-order valence-electron chi connectivity index (χ2n) is 4.05. The molecule has 0 saturated carbocycles. The van der Waals surface area contributed by atoms with Crippen molar-refractivity contribution in [3.05, 3.63) is 52.3 Å². The summed E-state index contributed by atoms with van der Waals surface area (Å²) in [6.45, 7) is 0. The summed E-state index contributed by atoms with van der Waals surface area (Å²) in [5, 5.41) is -0.372. The van der Waals surface area contributed by atoms with Crippen molar-refractivity contribution in [2.75, 3.05) is 0 Å². The highest BCUT2D eigenvalue weighted by atomic mass is 35.5. The van der Waals surface area contributed by atoms with Gasteiger partial charge in [-0.1, -0.05) is 92.8 Å². The van der Waals surface area contributed by atoms with Crippen molar-refractivity contribution >= 4 is 99.0 Å². The minimum Gasteiger partial charge on any atom is -0.391 e. The lowest BCUT2D eigenvalue weighted by Crippen LogP contribution is -2.15. The van der Waals surface area contributed by atoms with Crippen molar-refractivity contribution in [3.63, 3.8) is 0 Å². The van der Waals surface area contributed by atoms with Crippen molar-refractivity contribution < 1.29 is 14.3 Å². The molecule has 0 fully saturated rings. The smallest absolute Gasteiger partial charge is 0.391 e. The highest BCUT2D eigenvalue weighted by Gasteiger charge is 2.22. The molecule has 0 unspecified atom stereocenters. The first-order valence-electron chi connectivity index (χ1n) is 5.69. The van der Waals surface area contributed by atoms with Gasteiger partial charge in [0.1, 0.15) is 10.0 Å². The van der Waals surface area contributed by atoms with Crippen LogP contribution < -0.4 is 9.47 Å². The van der Waals surface area contributed by atoms with Crippen LogP contribution in [-0.2, 0) is 0 Å². The van der Waals surface area contributed by atoms with Crippen LogP contribution in [0.15, 0.2) is 12.1 Å². The van der Waals surface area contributed by atoms with Crippen LogP contribution in [-0.4, -0.2) is 6.16 Å². The monoisotopic (exact) mass is 486 g/mol. The normalized spacial score (nSPS) is 10.7. The van der Waals surface area contributed by atoms with Crippen LogP contribution in [0.1, 0.15) is 0 Å². The van der Waals surface area contributed by atoms with Crippen molar-refractivity contribution in [3.8, 4) is 11.5 Å². The molecule has 0 aliphatic carbocycles. The molecule has 0 spiro atoms. The Morgan fingerprint density at radius 2 is 0.917 bits per heavy atom. The molecule has 0 bridgehead atoms. The number of ether oxygens (including phenoxy) is 2. The minimum atomic E-state index is -1.24. The van der Waals surface area contributed by atoms with Crippen molar-refractivity contribution in [2.45, 2.75) is 0 Å². The van der Waals surface area contributed by atoms with Gasteiger partial charge in [-0.3, -0.25) is 0 Å². The van der Waals surface area contributed by atoms with Gasteiger partial charge in [0.25, 0.3) is 0 Å². The number of carbonyl (C=O) groups is 1. The van der Waals surface area contributed by atoms with E-state index in [0.717, 1.165) is 0 Å². The Kier molecular flexibility index (Phi) is 6.91. The Bertz CT molecular complexity index is 769. The average Bonchev–Trinajstić information content (AvgIpc) is 2.51. The molecule has 2 aromatic carbocycles. The van der Waals surface area contributed by atoms with Crippen LogP contribution >= 0.6 is 92.8 Å². The largest absolute Gasteiger partial charge is 0.519 e. The zero-order valence-corrected chi connectivity index (χ0v) is 17.0. The SMILES string of the molecule is O=C(Oc1c(Cl)cc(Cl)c(Cl)c1Cl)Oc1c(Cl)cc(Cl)c(Cl)c1Cl. The van der Waals surface area contributed by atoms with Gasteiger partial charge in [-0.2, -0.15) is 0 Å². The fourth-order valence-electron chi connectivity index (χ4n) is 1.47. The van der Waals surface area contributed by atoms with E-state index in [-0.39, 0.29) is 51.7 Å². The van der Waals surface area contributed by atoms with Gasteiger partial charge in [0.05, 0.1) is 30.1 Å². The van der Waals surface area contributed by atoms with Crippen LogP contribution in [0.2, 0.25) is 40.2 Å². The first-order chi connectivity index (χ1) is 11.1. The van der Waals surface area contributed by atoms with E-state index in [4.69, 9.17) is 102 Å². The molecular weight excluding hydrogens is 488 g/mol. The topological polar surface area (TPSA) is 35.5 Å². The second-order valence-corrected chi connectivity index (χ2v) is 7.19. The van der Waals surface area contributed by atoms with E-state index in [0.29, 0.717) is 0 Å². The lowest BCUT2D eigenvalue weighted by atomic mass is 10.3. The molecule has 0 heterocycles. The Labute approximate surface area is 176 Å². The molecule has 2 aromatic rings. The fraction of sp³-hybridized carbons (Fsp3) is 0. The van der Waals surface area contributed by atoms with E-state index < -0.39 is 6.16 Å². The third-order valence-corrected chi connectivity index (χ3v) is 5.57. The maximum absolute atomic E-state index is 12.0. The van der Waals surface area contributed by atoms with Gasteiger partial charge < -0.3 is 9.47 Å². The molecule has 24 heavy (non-hydrogen) atoms. The third kappa shape index (κ3) is 4.22. The van der Waals surface area contributed by atoms with Gasteiger partial charge in [-0.15, -0.1) is 0 Å². The lowest BCUT2D eigenvalue weighted by molar-refractivity contribution is 0.152. The minimum absolute atomic E-state index is 0.0452. The van der Waals surface area contributed by atoms with E-state index in [1.165, 1.54) is 12.1 Å². The average molecular weight is 490 g/mol. The van der Waals surface area contributed by atoms with Crippen LogP contribution in [0, 0.1) is 0 Å². The highest BCUT2D eigenvalue weighted by Crippen LogP contribution is 2.44. The third-order valence-electron chi connectivity index (χ3n) is 2.51. The molecule has 0 aliphatic heterocycles. The van der Waals surface area contributed by atoms with Crippen molar-refractivity contribution in [1.82, 2.24) is 0 Å². The Balaban J connectivity index is 2.31. The Hall–Kier alpha value is 0.0300. The van der Waals surface area contributed by atoms with Gasteiger partial charge >= 0.3 is 6.16 Å². The van der Waals surface area contributed by atoms with Crippen LogP contribution in [0.5, 0.6) is 11.5 Å². The second kappa shape index (κ2) is 8.15. The molecule has 0 saturated heterocycles. The first-order valence-corrected chi connectivity index (χ1v) is 8.71. The standard InChI is InChI=1S/C13H2Cl8O3/c14-3-1-5(16)11(9(20)7(3)18)23-13(22)24-12-6(17)2-4(15)8(19)10(12)21/h1-2H. The summed E-state index contributed by atoms with van der Waals surface area (Å²) in [5.74, 6) is -0.491. The van der Waals surface area contributed by atoms with E-state index >= 15 is 0 Å². The van der Waals surface area contributed by atoms with Gasteiger partial charge in [-0.05, 0) is 12.1 Å². The van der Waals surface area contributed by atoms with E-state index in [1.54, 1.807) is 0 Å². The Morgan fingerprint density at radius 1 is 0.583 bits per heavy atom. The summed E-state index contributed by atoms with van der Waals surface area (Å²) in [4.78, 5) is 12.0. The molecular formula is C13H2Cl8O3. The quantitative estimate of drug-likeness (QED) is 0.184. The summed E-state index contributed by atoms with van der Waals surface area (Å²) < 4.78 is 9.87. The van der Waals surface area contributed by atoms with Crippen LogP contribution in [0.4, 0.5) is 4.79 Å². The molecule has 0 aliphatic rings. The first kappa shape index (κ1) is 20.3. The molecule has 128 valence electrons. The number of benzene rings is 2. The van der Waals surface area contributed by atoms with Crippen molar-refractivity contribution in [1.29, 1.82) is 0 Å². The zero-order chi connectivity index (χ0) is 18.2. The summed E-state index contributed by atoms with van der Waals surface area (Å²) in [5.41, 5.74) is 0. The molecule has 3 nitrogen and oxygen atoms in total. The predicted octanol–water partition coefficient (Wildman–Crippen LogP) is 8.49. The molecule has 2 rings (SSSR count). The lowest BCUT2D eigenvalue weighted by Gasteiger charge is -2.12. The van der Waals surface area contributed by atoms with E-state index in [9.17, 15) is 4.79 Å². The summed E-state index contributed by atoms with van der Waals surface area (Å²) in [6.07, 6.45) is -1.24. The summed E-state index contributed by atoms with van der Waals surface area (Å²) in [6, 6.07) is 2.50. The number of carbonyl (C=O) groups excluding carboxylic acids is 1. The molecule has 0 atom stereocenters. The number of rotatable bonds is 2. The molecule has 11 heteroatoms. The fourth-order valence-corrected chi connectivity index (χ4v) is 3.44. The summed E-state index contributed by atoms with van der Waals surface area (Å²) in [7, 11) is 0. The summed E-state index contributed by atoms with van der Waals surface area (Å²) >= 11 is 47.0. The molecule has 0 aromatic heterocycles. The van der Waals surface area contributed by atoms with Gasteiger partial charge in [-0.25, -0.2) is 4.79 Å². The van der Waals surface area contributed by atoms with E-state index in [2.05, 4.69) is 0 Å². The zero-order valence-electron chi connectivity index (χ0n) is 10.9. The van der Waals surface area contributed by atoms with Crippen molar-refractivity contribution in [2.24, 2.45) is 0 Å². The molecule has 0 radical (unpaired) electrons. The maximum atomic E-state index is 12.0. The number of hydrogen-bond donors (Lipinski definition) is 0. The van der Waals surface area contributed by atoms with Gasteiger partial charge in [0.2, 0.25) is 0 Å². The van der Waals surface area contributed by atoms with Crippen LogP contribution in [0.3, 0.4) is 0 Å². The molecule has 0 amide bonds. The van der Waals surface area contributed by atoms with E-state index in [1.807, 2.05) is 0 Å². The number of hydrogen-bond acceptors (Lipinski definition) is 3.